The molecule has 6 heteroatoms. The molecule has 28 heavy (non-hydrogen) atoms. The highest BCUT2D eigenvalue weighted by molar-refractivity contribution is 6.14. The van der Waals surface area contributed by atoms with Gasteiger partial charge in [0, 0.05) is 12.1 Å². The zero-order chi connectivity index (χ0) is 20.1. The van der Waals surface area contributed by atoms with Gasteiger partial charge < -0.3 is 20.3 Å². The summed E-state index contributed by atoms with van der Waals surface area (Å²) in [5.41, 5.74) is 2.01. The van der Waals surface area contributed by atoms with Crippen molar-refractivity contribution in [1.82, 2.24) is 5.32 Å². The maximum atomic E-state index is 12.8. The van der Waals surface area contributed by atoms with Crippen molar-refractivity contribution >= 4 is 23.7 Å². The van der Waals surface area contributed by atoms with Gasteiger partial charge in [-0.2, -0.15) is 0 Å². The molecule has 0 saturated carbocycles. The minimum absolute atomic E-state index is 0.0553. The summed E-state index contributed by atoms with van der Waals surface area (Å²) in [5.74, 6) is -0.271. The normalized spacial score (nSPS) is 14.0. The molecule has 2 aromatic rings. The lowest BCUT2D eigenvalue weighted by Gasteiger charge is -2.20. The largest absolute Gasteiger partial charge is 0.508 e. The van der Waals surface area contributed by atoms with Crippen molar-refractivity contribution in [3.05, 3.63) is 64.7 Å². The molecule has 0 radical (unpaired) electrons. The Hall–Kier alpha value is -3.38. The number of nitrogens with one attached hydrogen (secondary N) is 1. The van der Waals surface area contributed by atoms with Gasteiger partial charge in [-0.3, -0.25) is 9.59 Å². The monoisotopic (exact) mass is 379 g/mol. The van der Waals surface area contributed by atoms with Gasteiger partial charge in [-0.25, -0.2) is 0 Å². The van der Waals surface area contributed by atoms with Gasteiger partial charge in [-0.15, -0.1) is 0 Å². The van der Waals surface area contributed by atoms with Crippen molar-refractivity contribution in [2.75, 3.05) is 20.2 Å². The van der Waals surface area contributed by atoms with Crippen molar-refractivity contribution in [3.63, 3.8) is 0 Å². The number of hydrogen-bond acceptors (Lipinski definition) is 6. The average Bonchev–Trinajstić information content (AvgIpc) is 2.72. The molecule has 0 amide bonds. The van der Waals surface area contributed by atoms with Crippen LogP contribution in [0.1, 0.15) is 38.3 Å². The predicted molar refractivity (Wildman–Crippen MR) is 107 cm³/mol. The van der Waals surface area contributed by atoms with Gasteiger partial charge in [0.15, 0.2) is 12.1 Å². The molecule has 3 rings (SSSR count). The summed E-state index contributed by atoms with van der Waals surface area (Å²) in [6.07, 6.45) is 5.99. The van der Waals surface area contributed by atoms with Crippen LogP contribution in [0.25, 0.3) is 11.6 Å². The fourth-order valence-corrected chi connectivity index (χ4v) is 3.18. The highest BCUT2D eigenvalue weighted by atomic mass is 16.5. The second-order valence-electron chi connectivity index (χ2n) is 6.36. The van der Waals surface area contributed by atoms with Crippen molar-refractivity contribution in [2.45, 2.75) is 6.42 Å². The van der Waals surface area contributed by atoms with E-state index < -0.39 is 5.78 Å². The lowest BCUT2D eigenvalue weighted by Crippen LogP contribution is -2.20. The number of ether oxygens (including phenoxy) is 1. The second kappa shape index (κ2) is 8.54. The predicted octanol–water partition coefficient (Wildman–Crippen LogP) is 3.19. The fraction of sp³-hybridized carbons (Fsp3) is 0.182. The summed E-state index contributed by atoms with van der Waals surface area (Å²) in [4.78, 5) is 24.3. The van der Waals surface area contributed by atoms with E-state index in [0.717, 1.165) is 12.1 Å². The molecule has 0 aromatic heterocycles. The third-order valence-corrected chi connectivity index (χ3v) is 4.59. The molecular formula is C22H21NO5. The summed E-state index contributed by atoms with van der Waals surface area (Å²) in [6.45, 7) is 1.39. The summed E-state index contributed by atoms with van der Waals surface area (Å²) < 4.78 is 5.36. The van der Waals surface area contributed by atoms with Gasteiger partial charge in [-0.05, 0) is 48.4 Å². The number of ketones is 1. The summed E-state index contributed by atoms with van der Waals surface area (Å²) in [6, 6.07) is 7.80. The van der Waals surface area contributed by atoms with E-state index in [1.165, 1.54) is 31.4 Å². The quantitative estimate of drug-likeness (QED) is 0.405. The first-order valence-electron chi connectivity index (χ1n) is 8.86. The van der Waals surface area contributed by atoms with Gasteiger partial charge in [0.25, 0.3) is 0 Å². The van der Waals surface area contributed by atoms with Crippen molar-refractivity contribution in [2.24, 2.45) is 0 Å². The molecule has 1 aliphatic rings. The van der Waals surface area contributed by atoms with Crippen LogP contribution >= 0.6 is 0 Å². The van der Waals surface area contributed by atoms with E-state index in [2.05, 4.69) is 5.32 Å². The van der Waals surface area contributed by atoms with E-state index in [1.807, 2.05) is 6.08 Å². The molecular weight excluding hydrogens is 358 g/mol. The third-order valence-electron chi connectivity index (χ3n) is 4.59. The Morgan fingerprint density at radius 3 is 2.57 bits per heavy atom. The van der Waals surface area contributed by atoms with Crippen LogP contribution in [0.3, 0.4) is 0 Å². The SMILES string of the molecule is COc1cc(C=O)c(C(=O)/C=C/c2ccc(O)cc2)c(O)c1C1=CCNCC1. The zero-order valence-corrected chi connectivity index (χ0v) is 15.4. The molecule has 0 aliphatic carbocycles. The maximum absolute atomic E-state index is 12.8. The first kappa shape index (κ1) is 19.4. The smallest absolute Gasteiger partial charge is 0.190 e. The lowest BCUT2D eigenvalue weighted by atomic mass is 9.91. The number of phenolic OH excluding ortho intramolecular Hbond substituents is 2. The number of methoxy groups -OCH3 is 1. The number of aromatic hydroxyl groups is 2. The van der Waals surface area contributed by atoms with Crippen LogP contribution in [0, 0.1) is 0 Å². The van der Waals surface area contributed by atoms with E-state index in [0.29, 0.717) is 36.1 Å². The van der Waals surface area contributed by atoms with E-state index in [4.69, 9.17) is 4.74 Å². The van der Waals surface area contributed by atoms with Crippen molar-refractivity contribution in [1.29, 1.82) is 0 Å². The Morgan fingerprint density at radius 2 is 1.96 bits per heavy atom. The van der Waals surface area contributed by atoms with Gasteiger partial charge in [-0.1, -0.05) is 24.3 Å². The minimum Gasteiger partial charge on any atom is -0.508 e. The molecule has 0 atom stereocenters. The Kier molecular flexibility index (Phi) is 5.91. The molecule has 144 valence electrons. The van der Waals surface area contributed by atoms with Gasteiger partial charge in [0.1, 0.15) is 17.2 Å². The first-order chi connectivity index (χ1) is 13.5. The Morgan fingerprint density at radius 1 is 1.21 bits per heavy atom. The average molecular weight is 379 g/mol. The number of carbonyl (C=O) groups excluding carboxylic acids is 2. The van der Waals surface area contributed by atoms with E-state index in [9.17, 15) is 19.8 Å². The lowest BCUT2D eigenvalue weighted by molar-refractivity contribution is 0.103. The standard InChI is InChI=1S/C22H21NO5/c1-28-19-12-16(13-24)20(22(27)21(19)15-8-10-23-11-9-15)18(26)7-4-14-2-5-17(25)6-3-14/h2-8,12-13,23,25,27H,9-11H2,1H3/b7-4+. The molecule has 0 fully saturated rings. The molecule has 0 saturated heterocycles. The molecule has 0 unspecified atom stereocenters. The molecule has 6 nitrogen and oxygen atoms in total. The number of aldehydes is 1. The number of hydrogen-bond donors (Lipinski definition) is 3. The van der Waals surface area contributed by atoms with Crippen LogP contribution in [0.5, 0.6) is 17.2 Å². The van der Waals surface area contributed by atoms with Crippen LogP contribution in [-0.4, -0.2) is 42.5 Å². The van der Waals surface area contributed by atoms with Gasteiger partial charge >= 0.3 is 0 Å². The highest BCUT2D eigenvalue weighted by Crippen LogP contribution is 2.40. The van der Waals surface area contributed by atoms with E-state index >= 15 is 0 Å². The van der Waals surface area contributed by atoms with E-state index in [1.54, 1.807) is 18.2 Å². The number of allylic oxidation sites excluding steroid dienone is 1. The topological polar surface area (TPSA) is 95.9 Å². The molecule has 2 aromatic carbocycles. The number of phenols is 2. The summed E-state index contributed by atoms with van der Waals surface area (Å²) >= 11 is 0. The van der Waals surface area contributed by atoms with Crippen LogP contribution in [-0.2, 0) is 0 Å². The van der Waals surface area contributed by atoms with E-state index in [-0.39, 0.29) is 22.6 Å². The summed E-state index contributed by atoms with van der Waals surface area (Å²) in [5, 5.41) is 23.4. The Bertz CT molecular complexity index is 958. The van der Waals surface area contributed by atoms with Crippen molar-refractivity contribution < 1.29 is 24.5 Å². The summed E-state index contributed by atoms with van der Waals surface area (Å²) in [7, 11) is 1.46. The Labute approximate surface area is 162 Å². The second-order valence-corrected chi connectivity index (χ2v) is 6.36. The molecule has 0 spiro atoms. The zero-order valence-electron chi connectivity index (χ0n) is 15.4. The van der Waals surface area contributed by atoms with Gasteiger partial charge in [0.05, 0.1) is 18.2 Å². The number of rotatable bonds is 6. The minimum atomic E-state index is -0.494. The number of carbonyl (C=O) groups is 2. The molecule has 1 heterocycles. The molecule has 3 N–H and O–H groups in total. The highest BCUT2D eigenvalue weighted by Gasteiger charge is 2.24. The van der Waals surface area contributed by atoms with Crippen LogP contribution in [0.2, 0.25) is 0 Å². The number of benzene rings is 2. The first-order valence-corrected chi connectivity index (χ1v) is 8.86. The molecule has 1 aliphatic heterocycles. The van der Waals surface area contributed by atoms with Crippen LogP contribution < -0.4 is 10.1 Å². The Balaban J connectivity index is 2.05. The fourth-order valence-electron chi connectivity index (χ4n) is 3.18. The van der Waals surface area contributed by atoms with Crippen LogP contribution in [0.15, 0.2) is 42.5 Å². The molecule has 0 bridgehead atoms. The maximum Gasteiger partial charge on any atom is 0.190 e. The third kappa shape index (κ3) is 3.97. The van der Waals surface area contributed by atoms with Crippen molar-refractivity contribution in [3.8, 4) is 17.2 Å². The van der Waals surface area contributed by atoms with Crippen LogP contribution in [0.4, 0.5) is 0 Å². The van der Waals surface area contributed by atoms with Gasteiger partial charge in [0.2, 0.25) is 0 Å².